The van der Waals surface area contributed by atoms with Crippen molar-refractivity contribution in [2.24, 2.45) is 5.92 Å². The zero-order chi connectivity index (χ0) is 22.0. The van der Waals surface area contributed by atoms with Gasteiger partial charge in [-0.05, 0) is 37.5 Å². The SMILES string of the molecule is CCOC(=O)NC(CNC(=O)c1cccc(S(=O)(=O)N(CC)CC)c1)CC(C)C. The molecule has 0 radical (unpaired) electrons. The van der Waals surface area contributed by atoms with E-state index in [1.807, 2.05) is 13.8 Å². The number of ether oxygens (including phenoxy) is 1. The first-order valence-corrected chi connectivity index (χ1v) is 11.4. The van der Waals surface area contributed by atoms with E-state index < -0.39 is 22.0 Å². The van der Waals surface area contributed by atoms with Gasteiger partial charge in [0.2, 0.25) is 10.0 Å². The Morgan fingerprint density at radius 1 is 1.14 bits per heavy atom. The van der Waals surface area contributed by atoms with E-state index in [1.54, 1.807) is 32.9 Å². The van der Waals surface area contributed by atoms with Crippen LogP contribution in [0.2, 0.25) is 0 Å². The van der Waals surface area contributed by atoms with Crippen LogP contribution in [0.4, 0.5) is 4.79 Å². The van der Waals surface area contributed by atoms with Crippen molar-refractivity contribution in [1.29, 1.82) is 0 Å². The van der Waals surface area contributed by atoms with Crippen LogP contribution in [0.25, 0.3) is 0 Å². The number of carbonyl (C=O) groups excluding carboxylic acids is 2. The number of amides is 2. The Balaban J connectivity index is 2.89. The third-order valence-electron chi connectivity index (χ3n) is 4.30. The van der Waals surface area contributed by atoms with Crippen molar-refractivity contribution in [2.75, 3.05) is 26.2 Å². The number of benzene rings is 1. The molecule has 0 aliphatic carbocycles. The van der Waals surface area contributed by atoms with Crippen molar-refractivity contribution < 1.29 is 22.7 Å². The molecular formula is C20H33N3O5S. The zero-order valence-corrected chi connectivity index (χ0v) is 18.7. The average Bonchev–Trinajstić information content (AvgIpc) is 2.66. The van der Waals surface area contributed by atoms with Gasteiger partial charge in [0.1, 0.15) is 0 Å². The molecule has 1 atom stereocenters. The summed E-state index contributed by atoms with van der Waals surface area (Å²) in [5.41, 5.74) is 0.248. The smallest absolute Gasteiger partial charge is 0.407 e. The molecule has 1 aromatic carbocycles. The minimum absolute atomic E-state index is 0.0808. The predicted molar refractivity (Wildman–Crippen MR) is 112 cm³/mol. The van der Waals surface area contributed by atoms with Gasteiger partial charge in [0, 0.05) is 31.2 Å². The second kappa shape index (κ2) is 11.8. The van der Waals surface area contributed by atoms with Crippen molar-refractivity contribution in [3.05, 3.63) is 29.8 Å². The molecule has 1 aromatic rings. The highest BCUT2D eigenvalue weighted by Gasteiger charge is 2.23. The maximum absolute atomic E-state index is 12.7. The number of hydrogen-bond donors (Lipinski definition) is 2. The lowest BCUT2D eigenvalue weighted by Crippen LogP contribution is -2.44. The van der Waals surface area contributed by atoms with Crippen LogP contribution in [0.5, 0.6) is 0 Å². The van der Waals surface area contributed by atoms with E-state index in [0.717, 1.165) is 0 Å². The van der Waals surface area contributed by atoms with Crippen LogP contribution >= 0.6 is 0 Å². The summed E-state index contributed by atoms with van der Waals surface area (Å²) < 4.78 is 31.6. The molecule has 1 rings (SSSR count). The summed E-state index contributed by atoms with van der Waals surface area (Å²) in [6.07, 6.45) is 0.134. The topological polar surface area (TPSA) is 105 Å². The highest BCUT2D eigenvalue weighted by Crippen LogP contribution is 2.17. The van der Waals surface area contributed by atoms with E-state index in [0.29, 0.717) is 25.4 Å². The van der Waals surface area contributed by atoms with E-state index in [1.165, 1.54) is 16.4 Å². The van der Waals surface area contributed by atoms with Crippen molar-refractivity contribution in [3.8, 4) is 0 Å². The van der Waals surface area contributed by atoms with Gasteiger partial charge in [-0.1, -0.05) is 33.8 Å². The lowest BCUT2D eigenvalue weighted by Gasteiger charge is -2.21. The average molecular weight is 428 g/mol. The van der Waals surface area contributed by atoms with E-state index in [2.05, 4.69) is 10.6 Å². The molecule has 0 aliphatic rings. The molecular weight excluding hydrogens is 394 g/mol. The maximum Gasteiger partial charge on any atom is 0.407 e. The minimum Gasteiger partial charge on any atom is -0.450 e. The Hall–Kier alpha value is -2.13. The summed E-state index contributed by atoms with van der Waals surface area (Å²) in [6, 6.07) is 5.68. The van der Waals surface area contributed by atoms with Crippen LogP contribution in [0.15, 0.2) is 29.2 Å². The van der Waals surface area contributed by atoms with Crippen LogP contribution in [0.3, 0.4) is 0 Å². The molecule has 9 heteroatoms. The number of nitrogens with zero attached hydrogens (tertiary/aromatic N) is 1. The van der Waals surface area contributed by atoms with Gasteiger partial charge in [0.25, 0.3) is 5.91 Å². The molecule has 0 saturated heterocycles. The maximum atomic E-state index is 12.7. The molecule has 2 N–H and O–H groups in total. The third kappa shape index (κ3) is 7.66. The summed E-state index contributed by atoms with van der Waals surface area (Å²) in [4.78, 5) is 24.4. The monoisotopic (exact) mass is 427 g/mol. The molecule has 0 bridgehead atoms. The molecule has 0 aliphatic heterocycles. The first-order valence-electron chi connectivity index (χ1n) is 9.97. The number of alkyl carbamates (subject to hydrolysis) is 1. The molecule has 0 aromatic heterocycles. The summed E-state index contributed by atoms with van der Waals surface area (Å²) in [5.74, 6) is -0.0950. The third-order valence-corrected chi connectivity index (χ3v) is 6.35. The molecule has 0 fully saturated rings. The van der Waals surface area contributed by atoms with Gasteiger partial charge < -0.3 is 15.4 Å². The lowest BCUT2D eigenvalue weighted by atomic mass is 10.0. The standard InChI is InChI=1S/C20H33N3O5S/c1-6-23(7-2)29(26,27)18-11-9-10-16(13-18)19(24)21-14-17(12-15(4)5)22-20(25)28-8-3/h9-11,13,15,17H,6-8,12,14H2,1-5H3,(H,21,24)(H,22,25). The second-order valence-corrected chi connectivity index (χ2v) is 8.96. The fourth-order valence-electron chi connectivity index (χ4n) is 2.93. The van der Waals surface area contributed by atoms with Crippen molar-refractivity contribution in [2.45, 2.75) is 52.0 Å². The summed E-state index contributed by atoms with van der Waals surface area (Å²) in [6.45, 7) is 10.5. The highest BCUT2D eigenvalue weighted by atomic mass is 32.2. The van der Waals surface area contributed by atoms with Gasteiger partial charge in [-0.3, -0.25) is 4.79 Å². The summed E-state index contributed by atoms with van der Waals surface area (Å²) >= 11 is 0. The first kappa shape index (κ1) is 24.9. The second-order valence-electron chi connectivity index (χ2n) is 7.02. The van der Waals surface area contributed by atoms with Gasteiger partial charge in [0.05, 0.1) is 11.5 Å². The number of nitrogens with one attached hydrogen (secondary N) is 2. The van der Waals surface area contributed by atoms with E-state index in [-0.39, 0.29) is 29.7 Å². The van der Waals surface area contributed by atoms with E-state index >= 15 is 0 Å². The fourth-order valence-corrected chi connectivity index (χ4v) is 4.43. The van der Waals surface area contributed by atoms with Crippen LogP contribution in [-0.4, -0.2) is 57.0 Å². The quantitative estimate of drug-likeness (QED) is 0.565. The van der Waals surface area contributed by atoms with Gasteiger partial charge in [-0.2, -0.15) is 4.31 Å². The first-order chi connectivity index (χ1) is 13.6. The largest absolute Gasteiger partial charge is 0.450 e. The number of carbonyl (C=O) groups is 2. The van der Waals surface area contributed by atoms with Crippen LogP contribution < -0.4 is 10.6 Å². The Kier molecular flexibility index (Phi) is 10.1. The number of sulfonamides is 1. The molecule has 2 amide bonds. The highest BCUT2D eigenvalue weighted by molar-refractivity contribution is 7.89. The summed E-state index contributed by atoms with van der Waals surface area (Å²) in [5, 5.41) is 5.51. The Morgan fingerprint density at radius 2 is 1.79 bits per heavy atom. The van der Waals surface area contributed by atoms with Crippen LogP contribution in [0.1, 0.15) is 51.4 Å². The lowest BCUT2D eigenvalue weighted by molar-refractivity contribution is 0.0944. The number of rotatable bonds is 11. The Labute approximate surface area is 174 Å². The molecule has 1 unspecified atom stereocenters. The molecule has 29 heavy (non-hydrogen) atoms. The van der Waals surface area contributed by atoms with Gasteiger partial charge in [-0.15, -0.1) is 0 Å². The molecule has 0 heterocycles. The Bertz CT molecular complexity index is 776. The van der Waals surface area contributed by atoms with Crippen molar-refractivity contribution in [3.63, 3.8) is 0 Å². The van der Waals surface area contributed by atoms with Crippen LogP contribution in [0, 0.1) is 5.92 Å². The van der Waals surface area contributed by atoms with Crippen LogP contribution in [-0.2, 0) is 14.8 Å². The van der Waals surface area contributed by atoms with Crippen molar-refractivity contribution >= 4 is 22.0 Å². The minimum atomic E-state index is -3.65. The summed E-state index contributed by atoms with van der Waals surface area (Å²) in [7, 11) is -3.65. The molecule has 164 valence electrons. The molecule has 0 saturated carbocycles. The zero-order valence-electron chi connectivity index (χ0n) is 17.9. The van der Waals surface area contributed by atoms with Gasteiger partial charge in [-0.25, -0.2) is 13.2 Å². The van der Waals surface area contributed by atoms with Gasteiger partial charge >= 0.3 is 6.09 Å². The fraction of sp³-hybridized carbons (Fsp3) is 0.600. The van der Waals surface area contributed by atoms with Gasteiger partial charge in [0.15, 0.2) is 0 Å². The predicted octanol–water partition coefficient (Wildman–Crippen LogP) is 2.61. The van der Waals surface area contributed by atoms with E-state index in [4.69, 9.17) is 4.74 Å². The molecule has 8 nitrogen and oxygen atoms in total. The van der Waals surface area contributed by atoms with Crippen molar-refractivity contribution in [1.82, 2.24) is 14.9 Å². The normalized spacial score (nSPS) is 12.7. The molecule has 0 spiro atoms. The van der Waals surface area contributed by atoms with E-state index in [9.17, 15) is 18.0 Å². The number of hydrogen-bond acceptors (Lipinski definition) is 5. The Morgan fingerprint density at radius 3 is 2.34 bits per heavy atom.